The first-order valence-electron chi connectivity index (χ1n) is 8.53. The van der Waals surface area contributed by atoms with Gasteiger partial charge in [-0.1, -0.05) is 23.2 Å². The molecular formula is C21H18Cl2O6. The molecule has 0 saturated carbocycles. The fraction of sp³-hybridized carbons (Fsp3) is 0.238. The average molecular weight is 437 g/mol. The lowest BCUT2D eigenvalue weighted by Gasteiger charge is -2.19. The maximum Gasteiger partial charge on any atom is 0.316 e. The van der Waals surface area contributed by atoms with Gasteiger partial charge in [-0.15, -0.1) is 0 Å². The Labute approximate surface area is 177 Å². The second kappa shape index (κ2) is 10.2. The maximum atomic E-state index is 12.9. The molecule has 0 bridgehead atoms. The molecule has 29 heavy (non-hydrogen) atoms. The summed E-state index contributed by atoms with van der Waals surface area (Å²) in [5.74, 6) is -5.65. The van der Waals surface area contributed by atoms with Crippen molar-refractivity contribution in [2.24, 2.45) is 11.8 Å². The van der Waals surface area contributed by atoms with Gasteiger partial charge in [0, 0.05) is 21.2 Å². The van der Waals surface area contributed by atoms with Gasteiger partial charge in [0.25, 0.3) is 0 Å². The second-order valence-corrected chi connectivity index (χ2v) is 7.00. The van der Waals surface area contributed by atoms with E-state index in [9.17, 15) is 19.2 Å². The Morgan fingerprint density at radius 1 is 0.690 bits per heavy atom. The van der Waals surface area contributed by atoms with E-state index < -0.39 is 41.8 Å². The van der Waals surface area contributed by atoms with E-state index in [1.54, 1.807) is 0 Å². The van der Waals surface area contributed by atoms with Gasteiger partial charge in [0.1, 0.15) is 11.8 Å². The Balaban J connectivity index is 2.37. The summed E-state index contributed by atoms with van der Waals surface area (Å²) >= 11 is 11.7. The van der Waals surface area contributed by atoms with Crippen molar-refractivity contribution >= 4 is 46.7 Å². The van der Waals surface area contributed by atoms with Crippen LogP contribution in [0.15, 0.2) is 48.5 Å². The fourth-order valence-corrected chi connectivity index (χ4v) is 3.02. The van der Waals surface area contributed by atoms with Crippen LogP contribution in [0.5, 0.6) is 0 Å². The van der Waals surface area contributed by atoms with E-state index in [1.165, 1.54) is 48.5 Å². The van der Waals surface area contributed by atoms with Gasteiger partial charge in [0.15, 0.2) is 11.6 Å². The molecule has 0 N–H and O–H groups in total. The van der Waals surface area contributed by atoms with Gasteiger partial charge in [-0.05, 0) is 55.0 Å². The molecule has 2 aromatic rings. The first-order chi connectivity index (χ1) is 13.8. The minimum atomic E-state index is -1.37. The quantitative estimate of drug-likeness (QED) is 0.352. The molecule has 2 unspecified atom stereocenters. The first-order valence-corrected chi connectivity index (χ1v) is 9.29. The van der Waals surface area contributed by atoms with Crippen LogP contribution in [0.4, 0.5) is 0 Å². The van der Waals surface area contributed by atoms with E-state index in [0.717, 1.165) is 14.2 Å². The van der Waals surface area contributed by atoms with Gasteiger partial charge < -0.3 is 9.47 Å². The highest BCUT2D eigenvalue weighted by Crippen LogP contribution is 2.25. The highest BCUT2D eigenvalue weighted by molar-refractivity contribution is 6.31. The number of ketones is 2. The van der Waals surface area contributed by atoms with Gasteiger partial charge in [-0.25, -0.2) is 0 Å². The third-order valence-electron chi connectivity index (χ3n) is 4.33. The molecule has 2 rings (SSSR count). The molecule has 0 aromatic heterocycles. The normalized spacial score (nSPS) is 12.6. The lowest BCUT2D eigenvalue weighted by Crippen LogP contribution is -2.34. The molecule has 0 heterocycles. The SMILES string of the molecule is COC(=O)C(CC(C(=O)OC)C(=O)c1ccc(Cl)cc1)C(=O)c1ccc(Cl)cc1. The Kier molecular flexibility index (Phi) is 7.93. The van der Waals surface area contributed by atoms with Crippen LogP contribution in [-0.2, 0) is 19.1 Å². The van der Waals surface area contributed by atoms with E-state index in [4.69, 9.17) is 32.7 Å². The van der Waals surface area contributed by atoms with Gasteiger partial charge in [-0.2, -0.15) is 0 Å². The molecule has 0 amide bonds. The Morgan fingerprint density at radius 2 is 1.00 bits per heavy atom. The molecule has 0 spiro atoms. The number of carbonyl (C=O) groups excluding carboxylic acids is 4. The maximum absolute atomic E-state index is 12.9. The van der Waals surface area contributed by atoms with Crippen molar-refractivity contribution in [2.75, 3.05) is 14.2 Å². The molecule has 152 valence electrons. The molecule has 0 aliphatic rings. The number of hydrogen-bond acceptors (Lipinski definition) is 6. The minimum Gasteiger partial charge on any atom is -0.468 e. The molecular weight excluding hydrogens is 419 g/mol. The molecule has 8 heteroatoms. The summed E-state index contributed by atoms with van der Waals surface area (Å²) in [6, 6.07) is 11.8. The lowest BCUT2D eigenvalue weighted by atomic mass is 9.84. The monoisotopic (exact) mass is 436 g/mol. The molecule has 0 radical (unpaired) electrons. The molecule has 2 atom stereocenters. The van der Waals surface area contributed by atoms with Crippen molar-refractivity contribution in [2.45, 2.75) is 6.42 Å². The summed E-state index contributed by atoms with van der Waals surface area (Å²) < 4.78 is 9.45. The molecule has 0 aliphatic heterocycles. The standard InChI is InChI=1S/C21H18Cl2O6/c1-28-20(26)16(18(24)12-3-7-14(22)8-4-12)11-17(21(27)29-2)19(25)13-5-9-15(23)10-6-13/h3-10,16-17H,11H2,1-2H3. The zero-order chi connectivity index (χ0) is 21.6. The predicted octanol–water partition coefficient (Wildman–Crippen LogP) is 4.03. The van der Waals surface area contributed by atoms with Crippen molar-refractivity contribution in [1.82, 2.24) is 0 Å². The lowest BCUT2D eigenvalue weighted by molar-refractivity contribution is -0.146. The topological polar surface area (TPSA) is 86.7 Å². The number of benzene rings is 2. The van der Waals surface area contributed by atoms with Crippen molar-refractivity contribution in [3.8, 4) is 0 Å². The van der Waals surface area contributed by atoms with Crippen molar-refractivity contribution in [3.05, 3.63) is 69.7 Å². The zero-order valence-electron chi connectivity index (χ0n) is 15.7. The van der Waals surface area contributed by atoms with Crippen LogP contribution < -0.4 is 0 Å². The molecule has 0 aliphatic carbocycles. The average Bonchev–Trinajstić information content (AvgIpc) is 2.73. The Morgan fingerprint density at radius 3 is 1.28 bits per heavy atom. The van der Waals surface area contributed by atoms with Gasteiger partial charge in [0.2, 0.25) is 0 Å². The number of ether oxygens (including phenoxy) is 2. The van der Waals surface area contributed by atoms with E-state index in [-0.39, 0.29) is 11.1 Å². The van der Waals surface area contributed by atoms with E-state index >= 15 is 0 Å². The summed E-state index contributed by atoms with van der Waals surface area (Å²) in [4.78, 5) is 50.4. The van der Waals surface area contributed by atoms with Gasteiger partial charge >= 0.3 is 11.9 Å². The summed E-state index contributed by atoms with van der Waals surface area (Å²) in [5.41, 5.74) is 0.403. The molecule has 0 saturated heterocycles. The number of rotatable bonds is 8. The summed E-state index contributed by atoms with van der Waals surface area (Å²) in [6.07, 6.45) is -0.401. The van der Waals surface area contributed by atoms with Gasteiger partial charge in [0.05, 0.1) is 14.2 Å². The summed E-state index contributed by atoms with van der Waals surface area (Å²) in [5, 5.41) is 0.836. The second-order valence-electron chi connectivity index (χ2n) is 6.13. The van der Waals surface area contributed by atoms with Crippen LogP contribution in [0.25, 0.3) is 0 Å². The zero-order valence-corrected chi connectivity index (χ0v) is 17.2. The highest BCUT2D eigenvalue weighted by atomic mass is 35.5. The molecule has 0 fully saturated rings. The Hall–Kier alpha value is -2.70. The molecule has 2 aromatic carbocycles. The van der Waals surface area contributed by atoms with E-state index in [2.05, 4.69) is 0 Å². The van der Waals surface area contributed by atoms with Crippen LogP contribution in [0, 0.1) is 11.8 Å². The number of esters is 2. The highest BCUT2D eigenvalue weighted by Gasteiger charge is 2.38. The number of hydrogen-bond donors (Lipinski definition) is 0. The number of halogens is 2. The number of methoxy groups -OCH3 is 2. The number of Topliss-reactive ketones (excluding diaryl/α,β-unsaturated/α-hetero) is 2. The van der Waals surface area contributed by atoms with Crippen molar-refractivity contribution in [1.29, 1.82) is 0 Å². The van der Waals surface area contributed by atoms with Crippen LogP contribution in [0.1, 0.15) is 27.1 Å². The van der Waals surface area contributed by atoms with Crippen molar-refractivity contribution < 1.29 is 28.7 Å². The minimum absolute atomic E-state index is 0.201. The van der Waals surface area contributed by atoms with E-state index in [0.29, 0.717) is 10.0 Å². The van der Waals surface area contributed by atoms with Crippen LogP contribution in [0.3, 0.4) is 0 Å². The van der Waals surface area contributed by atoms with Gasteiger partial charge in [-0.3, -0.25) is 19.2 Å². The Bertz CT molecular complexity index is 830. The van der Waals surface area contributed by atoms with E-state index in [1.807, 2.05) is 0 Å². The molecule has 6 nitrogen and oxygen atoms in total. The summed E-state index contributed by atoms with van der Waals surface area (Å²) in [6.45, 7) is 0. The van der Waals surface area contributed by atoms with Crippen LogP contribution >= 0.6 is 23.2 Å². The predicted molar refractivity (Wildman–Crippen MR) is 107 cm³/mol. The first kappa shape index (κ1) is 22.6. The fourth-order valence-electron chi connectivity index (χ4n) is 2.77. The van der Waals surface area contributed by atoms with Crippen LogP contribution in [-0.4, -0.2) is 37.7 Å². The smallest absolute Gasteiger partial charge is 0.316 e. The third kappa shape index (κ3) is 5.65. The van der Waals surface area contributed by atoms with Crippen molar-refractivity contribution in [3.63, 3.8) is 0 Å². The van der Waals surface area contributed by atoms with Crippen LogP contribution in [0.2, 0.25) is 10.0 Å². The summed E-state index contributed by atoms with van der Waals surface area (Å²) in [7, 11) is 2.25. The third-order valence-corrected chi connectivity index (χ3v) is 4.84. The number of carbonyl (C=O) groups is 4. The largest absolute Gasteiger partial charge is 0.468 e.